The normalized spacial score (nSPS) is 22.9. The van der Waals surface area contributed by atoms with Gasteiger partial charge in [0.2, 0.25) is 0 Å². The number of amidine groups is 1. The average Bonchev–Trinajstić information content (AvgIpc) is 3.16. The van der Waals surface area contributed by atoms with Crippen molar-refractivity contribution < 1.29 is 8.42 Å². The molecule has 2 aliphatic heterocycles. The highest BCUT2D eigenvalue weighted by molar-refractivity contribution is 8.14. The van der Waals surface area contributed by atoms with Gasteiger partial charge in [0.05, 0.1) is 22.9 Å². The van der Waals surface area contributed by atoms with Crippen LogP contribution in [0.2, 0.25) is 0 Å². The van der Waals surface area contributed by atoms with Crippen molar-refractivity contribution in [3.63, 3.8) is 0 Å². The summed E-state index contributed by atoms with van der Waals surface area (Å²) in [5.41, 5.74) is 9.36. The molecule has 2 aliphatic rings. The molecule has 0 spiro atoms. The quantitative estimate of drug-likeness (QED) is 0.831. The van der Waals surface area contributed by atoms with Crippen LogP contribution in [-0.4, -0.2) is 41.1 Å². The number of nitrogens with one attached hydrogen (secondary N) is 1. The molecule has 1 N–H and O–H groups in total. The summed E-state index contributed by atoms with van der Waals surface area (Å²) < 4.78 is 26.0. The SMILES string of the molecule is Cc1ccccc1N=C1NN=C(c2cc(C)n(C3CCS(=O)(=O)C3)c2C)CS1. The van der Waals surface area contributed by atoms with E-state index in [0.717, 1.165) is 44.8 Å². The highest BCUT2D eigenvalue weighted by atomic mass is 32.2. The number of sulfone groups is 1. The lowest BCUT2D eigenvalue weighted by Gasteiger charge is -2.18. The zero-order valence-corrected chi connectivity index (χ0v) is 17.9. The van der Waals surface area contributed by atoms with Crippen LogP contribution < -0.4 is 5.43 Å². The molecule has 0 amide bonds. The van der Waals surface area contributed by atoms with Crippen molar-refractivity contribution in [3.8, 4) is 0 Å². The van der Waals surface area contributed by atoms with E-state index in [4.69, 9.17) is 0 Å². The van der Waals surface area contributed by atoms with E-state index in [0.29, 0.717) is 6.42 Å². The maximum absolute atomic E-state index is 11.9. The molecular formula is C20H24N4O2S2. The summed E-state index contributed by atoms with van der Waals surface area (Å²) in [5.74, 6) is 1.24. The Balaban J connectivity index is 1.57. The predicted molar refractivity (Wildman–Crippen MR) is 117 cm³/mol. The zero-order valence-electron chi connectivity index (χ0n) is 16.3. The summed E-state index contributed by atoms with van der Waals surface area (Å²) >= 11 is 1.63. The first-order chi connectivity index (χ1) is 13.3. The molecule has 3 heterocycles. The van der Waals surface area contributed by atoms with E-state index in [1.54, 1.807) is 11.8 Å². The Hall–Kier alpha value is -2.06. The van der Waals surface area contributed by atoms with Crippen LogP contribution in [0.25, 0.3) is 0 Å². The Morgan fingerprint density at radius 3 is 2.68 bits per heavy atom. The molecule has 0 saturated carbocycles. The Kier molecular flexibility index (Phi) is 5.09. The van der Waals surface area contributed by atoms with E-state index in [9.17, 15) is 8.42 Å². The van der Waals surface area contributed by atoms with Crippen LogP contribution >= 0.6 is 11.8 Å². The van der Waals surface area contributed by atoms with Gasteiger partial charge in [-0.15, -0.1) is 0 Å². The minimum atomic E-state index is -2.92. The molecule has 1 atom stereocenters. The number of para-hydroxylation sites is 1. The summed E-state index contributed by atoms with van der Waals surface area (Å²) in [4.78, 5) is 4.66. The van der Waals surface area contributed by atoms with Gasteiger partial charge in [-0.1, -0.05) is 30.0 Å². The third kappa shape index (κ3) is 3.75. The fourth-order valence-corrected chi connectivity index (χ4v) is 6.39. The molecule has 6 nitrogen and oxygen atoms in total. The first-order valence-electron chi connectivity index (χ1n) is 9.33. The maximum atomic E-state index is 11.9. The predicted octanol–water partition coefficient (Wildman–Crippen LogP) is 3.50. The van der Waals surface area contributed by atoms with E-state index < -0.39 is 9.84 Å². The van der Waals surface area contributed by atoms with Crippen molar-refractivity contribution in [1.82, 2.24) is 9.99 Å². The standard InChI is InChI=1S/C20H24N4O2S2/c1-13-6-4-5-7-18(13)21-20-23-22-19(11-27-20)17-10-14(2)24(15(17)3)16-8-9-28(25,26)12-16/h4-7,10,16H,8-9,11-12H2,1-3H3,(H,21,23). The Morgan fingerprint density at radius 1 is 1.25 bits per heavy atom. The summed E-state index contributed by atoms with van der Waals surface area (Å²) in [5, 5.41) is 5.35. The molecular weight excluding hydrogens is 392 g/mol. The number of aryl methyl sites for hydroxylation is 2. The first-order valence-corrected chi connectivity index (χ1v) is 12.1. The zero-order chi connectivity index (χ0) is 19.9. The third-order valence-electron chi connectivity index (χ3n) is 5.34. The van der Waals surface area contributed by atoms with Crippen LogP contribution in [0.4, 0.5) is 5.69 Å². The van der Waals surface area contributed by atoms with Crippen LogP contribution in [-0.2, 0) is 9.84 Å². The summed E-state index contributed by atoms with van der Waals surface area (Å²) in [6.07, 6.45) is 0.685. The lowest BCUT2D eigenvalue weighted by Crippen LogP contribution is -2.25. The molecule has 0 bridgehead atoms. The number of hydrazone groups is 1. The summed E-state index contributed by atoms with van der Waals surface area (Å²) in [7, 11) is -2.92. The second-order valence-electron chi connectivity index (χ2n) is 7.37. The highest BCUT2D eigenvalue weighted by Crippen LogP contribution is 2.30. The topological polar surface area (TPSA) is 75.8 Å². The number of hydrogen-bond donors (Lipinski definition) is 1. The number of nitrogens with zero attached hydrogens (tertiary/aromatic N) is 3. The van der Waals surface area contributed by atoms with E-state index in [1.807, 2.05) is 38.1 Å². The molecule has 148 valence electrons. The fourth-order valence-electron chi connectivity index (χ4n) is 3.92. The van der Waals surface area contributed by atoms with Crippen molar-refractivity contribution in [3.05, 3.63) is 52.8 Å². The Morgan fingerprint density at radius 2 is 2.04 bits per heavy atom. The molecule has 1 fully saturated rings. The number of benzene rings is 1. The first kappa shape index (κ1) is 19.3. The number of aliphatic imine (C=N–C) groups is 1. The minimum Gasteiger partial charge on any atom is -0.344 e. The van der Waals surface area contributed by atoms with Crippen LogP contribution in [0.5, 0.6) is 0 Å². The fraction of sp³-hybridized carbons (Fsp3) is 0.400. The smallest absolute Gasteiger partial charge is 0.182 e. The highest BCUT2D eigenvalue weighted by Gasteiger charge is 2.31. The third-order valence-corrected chi connectivity index (χ3v) is 7.96. The van der Waals surface area contributed by atoms with Gasteiger partial charge in [-0.3, -0.25) is 5.43 Å². The van der Waals surface area contributed by atoms with Gasteiger partial charge < -0.3 is 4.57 Å². The summed E-state index contributed by atoms with van der Waals surface area (Å²) in [6, 6.07) is 10.2. The van der Waals surface area contributed by atoms with Gasteiger partial charge in [-0.25, -0.2) is 13.4 Å². The lowest BCUT2D eigenvalue weighted by atomic mass is 10.1. The monoisotopic (exact) mass is 416 g/mol. The molecule has 4 rings (SSSR count). The van der Waals surface area contributed by atoms with E-state index in [-0.39, 0.29) is 17.5 Å². The largest absolute Gasteiger partial charge is 0.344 e. The molecule has 1 unspecified atom stereocenters. The molecule has 1 saturated heterocycles. The molecule has 1 aromatic heterocycles. The van der Waals surface area contributed by atoms with Gasteiger partial charge >= 0.3 is 0 Å². The van der Waals surface area contributed by atoms with E-state index in [1.165, 1.54) is 0 Å². The Bertz CT molecular complexity index is 1080. The van der Waals surface area contributed by atoms with Gasteiger partial charge in [0.25, 0.3) is 0 Å². The van der Waals surface area contributed by atoms with Crippen LogP contribution in [0.15, 0.2) is 40.4 Å². The molecule has 8 heteroatoms. The second-order valence-corrected chi connectivity index (χ2v) is 10.6. The molecule has 1 aromatic carbocycles. The van der Waals surface area contributed by atoms with Crippen molar-refractivity contribution >= 4 is 38.2 Å². The molecule has 0 aliphatic carbocycles. The molecule has 2 aromatic rings. The second kappa shape index (κ2) is 7.40. The van der Waals surface area contributed by atoms with Gasteiger partial charge in [0, 0.05) is 28.7 Å². The number of hydrogen-bond acceptors (Lipinski definition) is 5. The lowest BCUT2D eigenvalue weighted by molar-refractivity contribution is 0.535. The Labute approximate surface area is 170 Å². The number of rotatable bonds is 3. The van der Waals surface area contributed by atoms with E-state index >= 15 is 0 Å². The number of thioether (sulfide) groups is 1. The van der Waals surface area contributed by atoms with Crippen molar-refractivity contribution in [2.75, 3.05) is 17.3 Å². The van der Waals surface area contributed by atoms with Gasteiger partial charge in [-0.2, -0.15) is 5.10 Å². The average molecular weight is 417 g/mol. The number of aromatic nitrogens is 1. The van der Waals surface area contributed by atoms with Crippen LogP contribution in [0.1, 0.15) is 35.0 Å². The van der Waals surface area contributed by atoms with Gasteiger partial charge in [0.1, 0.15) is 0 Å². The van der Waals surface area contributed by atoms with Crippen molar-refractivity contribution in [2.45, 2.75) is 33.2 Å². The molecule has 28 heavy (non-hydrogen) atoms. The minimum absolute atomic E-state index is 0.0294. The van der Waals surface area contributed by atoms with Crippen molar-refractivity contribution in [1.29, 1.82) is 0 Å². The maximum Gasteiger partial charge on any atom is 0.182 e. The van der Waals surface area contributed by atoms with Crippen molar-refractivity contribution in [2.24, 2.45) is 10.1 Å². The molecule has 0 radical (unpaired) electrons. The van der Waals surface area contributed by atoms with Crippen LogP contribution in [0.3, 0.4) is 0 Å². The van der Waals surface area contributed by atoms with Gasteiger partial charge in [-0.05, 0) is 44.9 Å². The van der Waals surface area contributed by atoms with Gasteiger partial charge in [0.15, 0.2) is 15.0 Å². The van der Waals surface area contributed by atoms with Crippen LogP contribution in [0, 0.1) is 20.8 Å². The summed E-state index contributed by atoms with van der Waals surface area (Å²) in [6.45, 7) is 6.13. The van der Waals surface area contributed by atoms with E-state index in [2.05, 4.69) is 33.1 Å².